The van der Waals surface area contributed by atoms with Gasteiger partial charge in [0.1, 0.15) is 5.75 Å². The zero-order valence-corrected chi connectivity index (χ0v) is 12.6. The summed E-state index contributed by atoms with van der Waals surface area (Å²) in [6.45, 7) is 2.48. The molecule has 2 fully saturated rings. The second kappa shape index (κ2) is 6.48. The summed E-state index contributed by atoms with van der Waals surface area (Å²) in [4.78, 5) is 14.8. The quantitative estimate of drug-likeness (QED) is 0.806. The molecule has 1 aromatic rings. The Hall–Kier alpha value is -1.55. The standard InChI is InChI=1S/C17H23NO3/c1-20-16-5-3-2-4-14(16)10-17(19)18(15-6-7-15)11-13-8-9-21-12-13/h2-5,13,15H,6-12H2,1H3/t13-/m1/s1. The smallest absolute Gasteiger partial charge is 0.227 e. The van der Waals surface area contributed by atoms with Crippen molar-refractivity contribution < 1.29 is 14.3 Å². The number of hydrogen-bond acceptors (Lipinski definition) is 3. The van der Waals surface area contributed by atoms with Gasteiger partial charge in [0.15, 0.2) is 0 Å². The van der Waals surface area contributed by atoms with E-state index in [-0.39, 0.29) is 5.91 Å². The van der Waals surface area contributed by atoms with Gasteiger partial charge in [-0.05, 0) is 25.3 Å². The summed E-state index contributed by atoms with van der Waals surface area (Å²) in [5.41, 5.74) is 0.971. The monoisotopic (exact) mass is 289 g/mol. The van der Waals surface area contributed by atoms with Crippen LogP contribution in [-0.2, 0) is 16.0 Å². The first-order valence-electron chi connectivity index (χ1n) is 7.77. The predicted molar refractivity (Wildman–Crippen MR) is 80.4 cm³/mol. The number of benzene rings is 1. The van der Waals surface area contributed by atoms with Crippen molar-refractivity contribution in [2.75, 3.05) is 26.9 Å². The first kappa shape index (κ1) is 14.4. The van der Waals surface area contributed by atoms with Gasteiger partial charge in [-0.3, -0.25) is 4.79 Å². The van der Waals surface area contributed by atoms with Crippen LogP contribution < -0.4 is 4.74 Å². The molecule has 3 rings (SSSR count). The van der Waals surface area contributed by atoms with Crippen LogP contribution in [0, 0.1) is 5.92 Å². The van der Waals surface area contributed by atoms with E-state index in [9.17, 15) is 4.79 Å². The van der Waals surface area contributed by atoms with Crippen molar-refractivity contribution in [1.82, 2.24) is 4.90 Å². The molecule has 0 spiro atoms. The van der Waals surface area contributed by atoms with E-state index in [1.54, 1.807) is 7.11 Å². The lowest BCUT2D eigenvalue weighted by Gasteiger charge is -2.25. The maximum Gasteiger partial charge on any atom is 0.227 e. The van der Waals surface area contributed by atoms with Gasteiger partial charge < -0.3 is 14.4 Å². The van der Waals surface area contributed by atoms with Gasteiger partial charge >= 0.3 is 0 Å². The number of carbonyl (C=O) groups excluding carboxylic acids is 1. The molecule has 114 valence electrons. The van der Waals surface area contributed by atoms with Crippen molar-refractivity contribution in [1.29, 1.82) is 0 Å². The van der Waals surface area contributed by atoms with E-state index in [2.05, 4.69) is 4.90 Å². The predicted octanol–water partition coefficient (Wildman–Crippen LogP) is 2.27. The van der Waals surface area contributed by atoms with Gasteiger partial charge in [-0.2, -0.15) is 0 Å². The normalized spacial score (nSPS) is 21.3. The molecule has 1 aromatic carbocycles. The Morgan fingerprint density at radius 3 is 2.81 bits per heavy atom. The zero-order chi connectivity index (χ0) is 14.7. The lowest BCUT2D eigenvalue weighted by atomic mass is 10.1. The topological polar surface area (TPSA) is 38.8 Å². The Bertz CT molecular complexity index is 493. The molecule has 0 N–H and O–H groups in total. The number of amides is 1. The Kier molecular flexibility index (Phi) is 4.44. The SMILES string of the molecule is COc1ccccc1CC(=O)N(C[C@H]1CCOC1)C1CC1. The minimum Gasteiger partial charge on any atom is -0.496 e. The number of para-hydroxylation sites is 1. The van der Waals surface area contributed by atoms with E-state index in [1.165, 1.54) is 0 Å². The zero-order valence-electron chi connectivity index (χ0n) is 12.6. The molecule has 0 radical (unpaired) electrons. The molecule has 4 nitrogen and oxygen atoms in total. The third kappa shape index (κ3) is 3.56. The number of ether oxygens (including phenoxy) is 2. The van der Waals surface area contributed by atoms with E-state index in [0.29, 0.717) is 18.4 Å². The van der Waals surface area contributed by atoms with Crippen LogP contribution >= 0.6 is 0 Å². The van der Waals surface area contributed by atoms with E-state index in [4.69, 9.17) is 9.47 Å². The molecule has 2 aliphatic rings. The number of methoxy groups -OCH3 is 1. The van der Waals surface area contributed by atoms with Crippen LogP contribution in [0.25, 0.3) is 0 Å². The van der Waals surface area contributed by atoms with Crippen LogP contribution in [0.5, 0.6) is 5.75 Å². The molecule has 1 aliphatic carbocycles. The highest BCUT2D eigenvalue weighted by Gasteiger charge is 2.34. The number of rotatable bonds is 6. The molecular formula is C17H23NO3. The fraction of sp³-hybridized carbons (Fsp3) is 0.588. The highest BCUT2D eigenvalue weighted by Crippen LogP contribution is 2.30. The van der Waals surface area contributed by atoms with Crippen molar-refractivity contribution in [3.63, 3.8) is 0 Å². The molecule has 1 aliphatic heterocycles. The van der Waals surface area contributed by atoms with Crippen LogP contribution in [-0.4, -0.2) is 43.7 Å². The molecule has 1 heterocycles. The molecule has 0 unspecified atom stereocenters. The Morgan fingerprint density at radius 1 is 1.33 bits per heavy atom. The van der Waals surface area contributed by atoms with Crippen molar-refractivity contribution in [3.8, 4) is 5.75 Å². The molecular weight excluding hydrogens is 266 g/mol. The minimum absolute atomic E-state index is 0.217. The van der Waals surface area contributed by atoms with Gasteiger partial charge in [0.2, 0.25) is 5.91 Å². The van der Waals surface area contributed by atoms with Crippen LogP contribution in [0.15, 0.2) is 24.3 Å². The summed E-state index contributed by atoms with van der Waals surface area (Å²) in [6.07, 6.45) is 3.79. The largest absolute Gasteiger partial charge is 0.496 e. The first-order chi connectivity index (χ1) is 10.3. The van der Waals surface area contributed by atoms with E-state index >= 15 is 0 Å². The molecule has 0 aromatic heterocycles. The summed E-state index contributed by atoms with van der Waals surface area (Å²) in [5.74, 6) is 1.52. The highest BCUT2D eigenvalue weighted by molar-refractivity contribution is 5.80. The van der Waals surface area contributed by atoms with E-state index in [0.717, 1.165) is 50.3 Å². The van der Waals surface area contributed by atoms with E-state index < -0.39 is 0 Å². The highest BCUT2D eigenvalue weighted by atomic mass is 16.5. The van der Waals surface area contributed by atoms with Gasteiger partial charge in [0.05, 0.1) is 20.1 Å². The molecule has 1 atom stereocenters. The van der Waals surface area contributed by atoms with E-state index in [1.807, 2.05) is 24.3 Å². The second-order valence-corrected chi connectivity index (χ2v) is 6.00. The number of hydrogen-bond donors (Lipinski definition) is 0. The van der Waals surface area contributed by atoms with Gasteiger partial charge in [-0.25, -0.2) is 0 Å². The Balaban J connectivity index is 1.66. The summed E-state index contributed by atoms with van der Waals surface area (Å²) in [7, 11) is 1.65. The molecule has 21 heavy (non-hydrogen) atoms. The van der Waals surface area contributed by atoms with Crippen molar-refractivity contribution in [2.24, 2.45) is 5.92 Å². The Labute approximate surface area is 126 Å². The molecule has 0 bridgehead atoms. The molecule has 1 amide bonds. The first-order valence-corrected chi connectivity index (χ1v) is 7.77. The second-order valence-electron chi connectivity index (χ2n) is 6.00. The third-order valence-corrected chi connectivity index (χ3v) is 4.32. The average molecular weight is 289 g/mol. The van der Waals surface area contributed by atoms with Crippen molar-refractivity contribution in [3.05, 3.63) is 29.8 Å². The fourth-order valence-corrected chi connectivity index (χ4v) is 2.96. The van der Waals surface area contributed by atoms with Gasteiger partial charge in [-0.1, -0.05) is 18.2 Å². The number of carbonyl (C=O) groups is 1. The fourth-order valence-electron chi connectivity index (χ4n) is 2.96. The van der Waals surface area contributed by atoms with Gasteiger partial charge in [0, 0.05) is 30.7 Å². The summed E-state index contributed by atoms with van der Waals surface area (Å²) < 4.78 is 10.8. The van der Waals surface area contributed by atoms with Crippen LogP contribution in [0.3, 0.4) is 0 Å². The van der Waals surface area contributed by atoms with Crippen LogP contribution in [0.1, 0.15) is 24.8 Å². The molecule has 1 saturated heterocycles. The lowest BCUT2D eigenvalue weighted by Crippen LogP contribution is -2.38. The number of nitrogens with zero attached hydrogens (tertiary/aromatic N) is 1. The molecule has 1 saturated carbocycles. The Morgan fingerprint density at radius 2 is 2.14 bits per heavy atom. The minimum atomic E-state index is 0.217. The van der Waals surface area contributed by atoms with Crippen molar-refractivity contribution in [2.45, 2.75) is 31.7 Å². The van der Waals surface area contributed by atoms with Gasteiger partial charge in [0.25, 0.3) is 0 Å². The van der Waals surface area contributed by atoms with Crippen LogP contribution in [0.4, 0.5) is 0 Å². The maximum absolute atomic E-state index is 12.7. The van der Waals surface area contributed by atoms with Crippen LogP contribution in [0.2, 0.25) is 0 Å². The van der Waals surface area contributed by atoms with Gasteiger partial charge in [-0.15, -0.1) is 0 Å². The molecule has 4 heteroatoms. The maximum atomic E-state index is 12.7. The lowest BCUT2D eigenvalue weighted by molar-refractivity contribution is -0.131. The average Bonchev–Trinajstić information content (AvgIpc) is 3.21. The summed E-state index contributed by atoms with van der Waals surface area (Å²) in [6, 6.07) is 8.22. The summed E-state index contributed by atoms with van der Waals surface area (Å²) >= 11 is 0. The summed E-state index contributed by atoms with van der Waals surface area (Å²) in [5, 5.41) is 0. The third-order valence-electron chi connectivity index (χ3n) is 4.32. The van der Waals surface area contributed by atoms with Crippen molar-refractivity contribution >= 4 is 5.91 Å².